The van der Waals surface area contributed by atoms with Crippen LogP contribution in [0.5, 0.6) is 5.75 Å². The minimum absolute atomic E-state index is 0.177. The van der Waals surface area contributed by atoms with E-state index in [9.17, 15) is 13.5 Å². The second-order valence-corrected chi connectivity index (χ2v) is 9.31. The van der Waals surface area contributed by atoms with Gasteiger partial charge in [0.15, 0.2) is 0 Å². The highest BCUT2D eigenvalue weighted by Crippen LogP contribution is 2.20. The molecule has 0 radical (unpaired) electrons. The molecule has 29 heavy (non-hydrogen) atoms. The number of hydrogen-bond donors (Lipinski definition) is 2. The summed E-state index contributed by atoms with van der Waals surface area (Å²) in [7, 11) is -3.30. The summed E-state index contributed by atoms with van der Waals surface area (Å²) in [4.78, 5) is 4.53. The molecule has 1 aliphatic rings. The number of anilines is 2. The van der Waals surface area contributed by atoms with E-state index in [0.29, 0.717) is 18.0 Å². The molecule has 158 valence electrons. The lowest BCUT2D eigenvalue weighted by molar-refractivity contribution is 0.0663. The summed E-state index contributed by atoms with van der Waals surface area (Å²) in [6.45, 7) is 4.24. The molecule has 0 saturated carbocycles. The van der Waals surface area contributed by atoms with Crippen molar-refractivity contribution in [3.05, 3.63) is 53.6 Å². The van der Waals surface area contributed by atoms with Gasteiger partial charge in [0.2, 0.25) is 10.0 Å². The van der Waals surface area contributed by atoms with Gasteiger partial charge in [0.1, 0.15) is 18.5 Å². The molecule has 2 aromatic carbocycles. The van der Waals surface area contributed by atoms with Crippen LogP contribution in [0.4, 0.5) is 11.4 Å². The van der Waals surface area contributed by atoms with Crippen molar-refractivity contribution in [3.8, 4) is 5.75 Å². The van der Waals surface area contributed by atoms with Crippen LogP contribution in [0.15, 0.2) is 48.5 Å². The number of aliphatic hydroxyl groups is 1. The van der Waals surface area contributed by atoms with Gasteiger partial charge in [-0.25, -0.2) is 8.42 Å². The van der Waals surface area contributed by atoms with E-state index in [4.69, 9.17) is 16.3 Å². The van der Waals surface area contributed by atoms with Crippen LogP contribution >= 0.6 is 11.6 Å². The van der Waals surface area contributed by atoms with Gasteiger partial charge in [0, 0.05) is 49.1 Å². The summed E-state index contributed by atoms with van der Waals surface area (Å²) >= 11 is 5.94. The molecule has 0 spiro atoms. The first kappa shape index (κ1) is 21.7. The van der Waals surface area contributed by atoms with E-state index in [1.807, 2.05) is 24.3 Å². The average Bonchev–Trinajstić information content (AvgIpc) is 2.68. The fraction of sp³-hybridized carbons (Fsp3) is 0.400. The van der Waals surface area contributed by atoms with Gasteiger partial charge in [0.05, 0.1) is 6.26 Å². The zero-order chi connectivity index (χ0) is 20.9. The lowest BCUT2D eigenvalue weighted by Gasteiger charge is -2.36. The molecule has 0 aromatic heterocycles. The Hall–Kier alpha value is -2.00. The Morgan fingerprint density at radius 1 is 1.07 bits per heavy atom. The molecule has 2 N–H and O–H groups in total. The molecule has 0 bridgehead atoms. The summed E-state index contributed by atoms with van der Waals surface area (Å²) in [5, 5.41) is 11.0. The van der Waals surface area contributed by atoms with Gasteiger partial charge < -0.3 is 14.7 Å². The largest absolute Gasteiger partial charge is 0.491 e. The standard InChI is InChI=1S/C20H26ClN3O4S/c1-29(26,27)22-17-4-8-20(9-5-17)28-15-19(25)14-23-10-12-24(13-11-23)18-6-2-16(21)3-7-18/h2-9,19,22,25H,10-15H2,1H3/t19-/m1/s1. The lowest BCUT2D eigenvalue weighted by atomic mass is 10.2. The zero-order valence-electron chi connectivity index (χ0n) is 16.3. The quantitative estimate of drug-likeness (QED) is 0.656. The zero-order valence-corrected chi connectivity index (χ0v) is 17.9. The van der Waals surface area contributed by atoms with E-state index < -0.39 is 16.1 Å². The Kier molecular flexibility index (Phi) is 7.23. The molecule has 1 saturated heterocycles. The number of piperazine rings is 1. The number of rotatable bonds is 8. The van der Waals surface area contributed by atoms with E-state index in [-0.39, 0.29) is 6.61 Å². The summed E-state index contributed by atoms with van der Waals surface area (Å²) in [6, 6.07) is 14.4. The predicted octanol–water partition coefficient (Wildman–Crippen LogP) is 2.27. The van der Waals surface area contributed by atoms with Crippen LogP contribution in [0.3, 0.4) is 0 Å². The summed E-state index contributed by atoms with van der Waals surface area (Å²) < 4.78 is 30.4. The molecule has 7 nitrogen and oxygen atoms in total. The summed E-state index contributed by atoms with van der Waals surface area (Å²) in [5.41, 5.74) is 1.63. The van der Waals surface area contributed by atoms with Crippen molar-refractivity contribution in [1.82, 2.24) is 4.90 Å². The molecular formula is C20H26ClN3O4S. The number of sulfonamides is 1. The van der Waals surface area contributed by atoms with Crippen LogP contribution in [0.25, 0.3) is 0 Å². The van der Waals surface area contributed by atoms with Crippen molar-refractivity contribution in [2.24, 2.45) is 0 Å². The Labute approximate surface area is 176 Å². The first-order chi connectivity index (χ1) is 13.8. The Bertz CT molecular complexity index is 883. The normalized spacial score (nSPS) is 16.4. The van der Waals surface area contributed by atoms with E-state index >= 15 is 0 Å². The second-order valence-electron chi connectivity index (χ2n) is 7.13. The molecule has 2 aromatic rings. The minimum Gasteiger partial charge on any atom is -0.491 e. The van der Waals surface area contributed by atoms with E-state index in [1.54, 1.807) is 24.3 Å². The molecule has 0 amide bonds. The fourth-order valence-corrected chi connectivity index (χ4v) is 3.91. The summed E-state index contributed by atoms with van der Waals surface area (Å²) in [6.07, 6.45) is 0.495. The SMILES string of the molecule is CS(=O)(=O)Nc1ccc(OC[C@H](O)CN2CCN(c3ccc(Cl)cc3)CC2)cc1. The van der Waals surface area contributed by atoms with Gasteiger partial charge in [0.25, 0.3) is 0 Å². The Balaban J connectivity index is 1.40. The second kappa shape index (κ2) is 9.67. The van der Waals surface area contributed by atoms with Crippen molar-refractivity contribution in [2.75, 3.05) is 55.2 Å². The lowest BCUT2D eigenvalue weighted by Crippen LogP contribution is -2.49. The molecule has 1 heterocycles. The number of nitrogens with one attached hydrogen (secondary N) is 1. The molecule has 3 rings (SSSR count). The molecule has 1 fully saturated rings. The molecular weight excluding hydrogens is 414 g/mol. The monoisotopic (exact) mass is 439 g/mol. The highest BCUT2D eigenvalue weighted by atomic mass is 35.5. The Morgan fingerprint density at radius 3 is 2.28 bits per heavy atom. The average molecular weight is 440 g/mol. The van der Waals surface area contributed by atoms with Crippen LogP contribution in [-0.4, -0.2) is 70.1 Å². The number of halogens is 1. The maximum atomic E-state index is 11.2. The van der Waals surface area contributed by atoms with Gasteiger partial charge in [-0.3, -0.25) is 9.62 Å². The summed E-state index contributed by atoms with van der Waals surface area (Å²) in [5.74, 6) is 0.579. The van der Waals surface area contributed by atoms with Crippen LogP contribution in [-0.2, 0) is 10.0 Å². The number of aliphatic hydroxyl groups excluding tert-OH is 1. The van der Waals surface area contributed by atoms with E-state index in [1.165, 1.54) is 0 Å². The molecule has 1 atom stereocenters. The van der Waals surface area contributed by atoms with Crippen LogP contribution in [0.1, 0.15) is 0 Å². The first-order valence-electron chi connectivity index (χ1n) is 9.40. The highest BCUT2D eigenvalue weighted by Gasteiger charge is 2.19. The maximum Gasteiger partial charge on any atom is 0.229 e. The van der Waals surface area contributed by atoms with Gasteiger partial charge >= 0.3 is 0 Å². The van der Waals surface area contributed by atoms with Crippen molar-refractivity contribution in [1.29, 1.82) is 0 Å². The number of ether oxygens (including phenoxy) is 1. The van der Waals surface area contributed by atoms with Gasteiger partial charge in [-0.05, 0) is 48.5 Å². The smallest absolute Gasteiger partial charge is 0.229 e. The van der Waals surface area contributed by atoms with Gasteiger partial charge in [-0.1, -0.05) is 11.6 Å². The highest BCUT2D eigenvalue weighted by molar-refractivity contribution is 7.92. The topological polar surface area (TPSA) is 82.1 Å². The number of β-amino-alcohol motifs (C(OH)–C–C–N with tert-alkyl or cyclic N) is 1. The van der Waals surface area contributed by atoms with Crippen LogP contribution < -0.4 is 14.4 Å². The molecule has 9 heteroatoms. The third-order valence-electron chi connectivity index (χ3n) is 4.63. The van der Waals surface area contributed by atoms with Crippen LogP contribution in [0.2, 0.25) is 5.02 Å². The molecule has 0 aliphatic carbocycles. The van der Waals surface area contributed by atoms with E-state index in [0.717, 1.165) is 43.1 Å². The third kappa shape index (κ3) is 7.08. The first-order valence-corrected chi connectivity index (χ1v) is 11.7. The third-order valence-corrected chi connectivity index (χ3v) is 5.49. The number of hydrogen-bond acceptors (Lipinski definition) is 6. The number of benzene rings is 2. The van der Waals surface area contributed by atoms with Crippen LogP contribution in [0, 0.1) is 0 Å². The minimum atomic E-state index is -3.30. The predicted molar refractivity (Wildman–Crippen MR) is 117 cm³/mol. The van der Waals surface area contributed by atoms with Crippen molar-refractivity contribution in [2.45, 2.75) is 6.10 Å². The van der Waals surface area contributed by atoms with E-state index in [2.05, 4.69) is 14.5 Å². The van der Waals surface area contributed by atoms with Gasteiger partial charge in [-0.15, -0.1) is 0 Å². The van der Waals surface area contributed by atoms with Crippen molar-refractivity contribution in [3.63, 3.8) is 0 Å². The number of nitrogens with zero attached hydrogens (tertiary/aromatic N) is 2. The van der Waals surface area contributed by atoms with Crippen molar-refractivity contribution >= 4 is 33.0 Å². The Morgan fingerprint density at radius 2 is 1.69 bits per heavy atom. The van der Waals surface area contributed by atoms with Gasteiger partial charge in [-0.2, -0.15) is 0 Å². The fourth-order valence-electron chi connectivity index (χ4n) is 3.22. The van der Waals surface area contributed by atoms with Crippen molar-refractivity contribution < 1.29 is 18.3 Å². The molecule has 0 unspecified atom stereocenters. The maximum absolute atomic E-state index is 11.2. The molecule has 1 aliphatic heterocycles.